The molecule has 1 saturated heterocycles. The maximum atomic E-state index is 4.85. The molecule has 0 atom stereocenters. The van der Waals surface area contributed by atoms with Gasteiger partial charge in [-0.3, -0.25) is 0 Å². The maximum absolute atomic E-state index is 4.85. The van der Waals surface area contributed by atoms with Crippen molar-refractivity contribution in [2.24, 2.45) is 0 Å². The van der Waals surface area contributed by atoms with Gasteiger partial charge in [0.05, 0.1) is 11.7 Å². The minimum Gasteiger partial charge on any atom is -0.351 e. The Balaban J connectivity index is 1.32. The lowest BCUT2D eigenvalue weighted by molar-refractivity contribution is 0.485. The van der Waals surface area contributed by atoms with Crippen LogP contribution in [0, 0.1) is 0 Å². The van der Waals surface area contributed by atoms with E-state index in [1.54, 1.807) is 0 Å². The molecule has 2 aliphatic rings. The van der Waals surface area contributed by atoms with Gasteiger partial charge in [0.2, 0.25) is 0 Å². The minimum atomic E-state index is -0.0893. The van der Waals surface area contributed by atoms with Crippen LogP contribution in [0.5, 0.6) is 0 Å². The molecule has 0 bridgehead atoms. The lowest BCUT2D eigenvalue weighted by atomic mass is 9.96. The molecule has 1 aliphatic carbocycles. The first-order valence-electron chi connectivity index (χ1n) is 9.59. The van der Waals surface area contributed by atoms with Crippen molar-refractivity contribution in [2.45, 2.75) is 51.5 Å². The molecule has 4 heterocycles. The van der Waals surface area contributed by atoms with Gasteiger partial charge >= 0.3 is 0 Å². The van der Waals surface area contributed by atoms with Gasteiger partial charge in [-0.05, 0) is 31.4 Å². The fourth-order valence-corrected chi connectivity index (χ4v) is 4.97. The third-order valence-electron chi connectivity index (χ3n) is 5.54. The molecule has 1 fully saturated rings. The Morgan fingerprint density at radius 1 is 1.15 bits per heavy atom. The Bertz CT molecular complexity index is 972. The largest absolute Gasteiger partial charge is 0.351 e. The summed E-state index contributed by atoms with van der Waals surface area (Å²) in [5.74, 6) is 1.88. The van der Waals surface area contributed by atoms with Crippen molar-refractivity contribution in [3.63, 3.8) is 0 Å². The summed E-state index contributed by atoms with van der Waals surface area (Å²) in [5, 5.41) is 14.6. The summed E-state index contributed by atoms with van der Waals surface area (Å²) < 4.78 is 1.89. The molecule has 7 nitrogen and oxygen atoms in total. The van der Waals surface area contributed by atoms with Gasteiger partial charge in [-0.15, -0.1) is 26.6 Å². The number of nitrogens with zero attached hydrogens (tertiary/aromatic N) is 7. The van der Waals surface area contributed by atoms with E-state index >= 15 is 0 Å². The average molecular weight is 384 g/mol. The van der Waals surface area contributed by atoms with Crippen LogP contribution in [-0.2, 0) is 18.3 Å². The Morgan fingerprint density at radius 3 is 2.70 bits per heavy atom. The first-order chi connectivity index (χ1) is 12.9. The van der Waals surface area contributed by atoms with Crippen LogP contribution in [0.1, 0.15) is 43.6 Å². The van der Waals surface area contributed by atoms with Crippen molar-refractivity contribution in [3.8, 4) is 0 Å². The predicted molar refractivity (Wildman–Crippen MR) is 108 cm³/mol. The number of thiazole rings is 1. The topological polar surface area (TPSA) is 62.5 Å². The zero-order valence-corrected chi connectivity index (χ0v) is 17.1. The summed E-state index contributed by atoms with van der Waals surface area (Å²) in [6, 6.07) is 4.54. The van der Waals surface area contributed by atoms with E-state index in [9.17, 15) is 0 Å². The van der Waals surface area contributed by atoms with Gasteiger partial charge in [-0.25, -0.2) is 4.98 Å². The van der Waals surface area contributed by atoms with E-state index in [4.69, 9.17) is 10.1 Å². The monoisotopic (exact) mass is 383 g/mol. The molecule has 0 aromatic carbocycles. The summed E-state index contributed by atoms with van der Waals surface area (Å²) in [6.07, 6.45) is 3.62. The second kappa shape index (κ2) is 5.89. The van der Waals surface area contributed by atoms with E-state index < -0.39 is 0 Å². The van der Waals surface area contributed by atoms with Gasteiger partial charge in [0.15, 0.2) is 16.6 Å². The zero-order valence-electron chi connectivity index (χ0n) is 16.3. The number of anilines is 2. The third-order valence-corrected chi connectivity index (χ3v) is 6.79. The van der Waals surface area contributed by atoms with Crippen molar-refractivity contribution >= 4 is 27.9 Å². The quantitative estimate of drug-likeness (QED) is 0.693. The molecular formula is C19H25N7S. The van der Waals surface area contributed by atoms with Gasteiger partial charge in [-0.1, -0.05) is 20.8 Å². The molecule has 0 radical (unpaired) electrons. The molecule has 5 rings (SSSR count). The fraction of sp³-hybridized carbons (Fsp3) is 0.579. The second-order valence-electron chi connectivity index (χ2n) is 8.62. The first-order valence-corrected chi connectivity index (χ1v) is 10.4. The van der Waals surface area contributed by atoms with Crippen molar-refractivity contribution in [3.05, 3.63) is 28.5 Å². The molecule has 0 saturated carbocycles. The molecule has 27 heavy (non-hydrogen) atoms. The molecule has 1 aliphatic heterocycles. The van der Waals surface area contributed by atoms with Crippen LogP contribution in [0.25, 0.3) is 5.65 Å². The average Bonchev–Trinajstić information content (AvgIpc) is 3.26. The van der Waals surface area contributed by atoms with Gasteiger partial charge in [0.25, 0.3) is 0 Å². The number of likely N-dealkylation sites (N-methyl/N-ethyl adjacent to an activating group) is 1. The Kier molecular flexibility index (Phi) is 3.69. The smallest absolute Gasteiger partial charge is 0.185 e. The molecule has 0 amide bonds. The van der Waals surface area contributed by atoms with E-state index in [1.807, 2.05) is 28.0 Å². The third kappa shape index (κ3) is 2.77. The number of fused-ring (bicyclic) bond motifs is 2. The zero-order chi connectivity index (χ0) is 18.8. The number of rotatable bonds is 3. The Morgan fingerprint density at radius 2 is 1.96 bits per heavy atom. The Labute approximate surface area is 163 Å². The molecule has 8 heteroatoms. The highest BCUT2D eigenvalue weighted by Crippen LogP contribution is 2.34. The van der Waals surface area contributed by atoms with Gasteiger partial charge < -0.3 is 9.80 Å². The lowest BCUT2D eigenvalue weighted by Gasteiger charge is -2.44. The molecular weight excluding hydrogens is 358 g/mol. The molecule has 3 aromatic heterocycles. The normalized spacial score (nSPS) is 17.4. The van der Waals surface area contributed by atoms with E-state index in [-0.39, 0.29) is 5.41 Å². The highest BCUT2D eigenvalue weighted by molar-refractivity contribution is 7.15. The van der Waals surface area contributed by atoms with Crippen LogP contribution in [0.4, 0.5) is 10.9 Å². The van der Waals surface area contributed by atoms with Crippen LogP contribution < -0.4 is 9.80 Å². The van der Waals surface area contributed by atoms with Crippen LogP contribution in [0.15, 0.2) is 12.1 Å². The van der Waals surface area contributed by atoms with Gasteiger partial charge in [0.1, 0.15) is 5.82 Å². The van der Waals surface area contributed by atoms with Crippen LogP contribution in [0.3, 0.4) is 0 Å². The summed E-state index contributed by atoms with van der Waals surface area (Å²) in [5.41, 5.74) is 2.04. The number of aromatic nitrogens is 5. The van der Waals surface area contributed by atoms with E-state index in [0.29, 0.717) is 6.04 Å². The molecule has 0 N–H and O–H groups in total. The summed E-state index contributed by atoms with van der Waals surface area (Å²) >= 11 is 1.87. The second-order valence-corrected chi connectivity index (χ2v) is 9.69. The van der Waals surface area contributed by atoms with Crippen LogP contribution >= 0.6 is 11.3 Å². The predicted octanol–water partition coefficient (Wildman–Crippen LogP) is 2.69. The van der Waals surface area contributed by atoms with E-state index in [1.165, 1.54) is 28.5 Å². The first kappa shape index (κ1) is 16.9. The van der Waals surface area contributed by atoms with Gasteiger partial charge in [-0.2, -0.15) is 4.52 Å². The SMILES string of the molecule is CN(c1nc2c(s1)CCC2)C1CN(c2ccc3nnc(C(C)(C)C)n3n2)C1. The van der Waals surface area contributed by atoms with Crippen LogP contribution in [0.2, 0.25) is 0 Å². The summed E-state index contributed by atoms with van der Waals surface area (Å²) in [4.78, 5) is 11.0. The lowest BCUT2D eigenvalue weighted by Crippen LogP contribution is -2.59. The van der Waals surface area contributed by atoms with Crippen molar-refractivity contribution in [1.29, 1.82) is 0 Å². The van der Waals surface area contributed by atoms with E-state index in [2.05, 4.69) is 47.8 Å². The van der Waals surface area contributed by atoms with Gasteiger partial charge in [0, 0.05) is 30.4 Å². The van der Waals surface area contributed by atoms with E-state index in [0.717, 1.165) is 36.8 Å². The molecule has 142 valence electrons. The highest BCUT2D eigenvalue weighted by atomic mass is 32.1. The van der Waals surface area contributed by atoms with Crippen molar-refractivity contribution < 1.29 is 0 Å². The maximum Gasteiger partial charge on any atom is 0.185 e. The Hall–Kier alpha value is -2.22. The molecule has 0 unspecified atom stereocenters. The molecule has 0 spiro atoms. The van der Waals surface area contributed by atoms with Crippen LogP contribution in [-0.4, -0.2) is 51.0 Å². The number of hydrogen-bond donors (Lipinski definition) is 0. The number of aryl methyl sites for hydroxylation is 2. The fourth-order valence-electron chi connectivity index (χ4n) is 3.79. The summed E-state index contributed by atoms with van der Waals surface area (Å²) in [6.45, 7) is 8.34. The minimum absolute atomic E-state index is 0.0893. The standard InChI is InChI=1S/C19H25N7S/c1-19(2,3)17-22-21-15-8-9-16(23-26(15)17)25-10-12(11-25)24(4)18-20-13-6-5-7-14(13)27-18/h8-9,12H,5-7,10-11H2,1-4H3. The number of hydrogen-bond acceptors (Lipinski definition) is 7. The highest BCUT2D eigenvalue weighted by Gasteiger charge is 2.33. The van der Waals surface area contributed by atoms with Crippen molar-refractivity contribution in [1.82, 2.24) is 24.8 Å². The molecule has 3 aromatic rings. The summed E-state index contributed by atoms with van der Waals surface area (Å²) in [7, 11) is 2.17. The van der Waals surface area contributed by atoms with Crippen molar-refractivity contribution in [2.75, 3.05) is 29.9 Å².